The molecule has 1 atom stereocenters. The van der Waals surface area contributed by atoms with Crippen LogP contribution >= 0.6 is 0 Å². The first-order valence-corrected chi connectivity index (χ1v) is 3.48. The molecule has 1 aliphatic heterocycles. The number of nitrogens with zero attached hydrogens (tertiary/aromatic N) is 1. The Hall–Kier alpha value is -0.860. The highest BCUT2D eigenvalue weighted by Crippen LogP contribution is 2.20. The van der Waals surface area contributed by atoms with Crippen LogP contribution in [0.1, 0.15) is 20.3 Å². The molecule has 1 heterocycles. The lowest BCUT2D eigenvalue weighted by atomic mass is 9.93. The first-order chi connectivity index (χ1) is 4.61. The molecule has 0 saturated heterocycles. The van der Waals surface area contributed by atoms with E-state index < -0.39 is 0 Å². The van der Waals surface area contributed by atoms with Gasteiger partial charge in [0.2, 0.25) is 5.91 Å². The first kappa shape index (κ1) is 7.25. The lowest BCUT2D eigenvalue weighted by molar-refractivity contribution is -0.117. The van der Waals surface area contributed by atoms with E-state index in [9.17, 15) is 4.79 Å². The maximum absolute atomic E-state index is 10.7. The Kier molecular flexibility index (Phi) is 1.74. The van der Waals surface area contributed by atoms with Gasteiger partial charge in [0.1, 0.15) is 5.84 Å². The van der Waals surface area contributed by atoms with Crippen molar-refractivity contribution in [3.8, 4) is 0 Å². The van der Waals surface area contributed by atoms with Crippen molar-refractivity contribution in [2.45, 2.75) is 20.3 Å². The third-order valence-corrected chi connectivity index (χ3v) is 1.83. The van der Waals surface area contributed by atoms with Gasteiger partial charge in [0.05, 0.1) is 0 Å². The molecule has 0 fully saturated rings. The average molecular weight is 140 g/mol. The van der Waals surface area contributed by atoms with Gasteiger partial charge >= 0.3 is 0 Å². The predicted octanol–water partition coefficient (Wildman–Crippen LogP) is 0.546. The zero-order chi connectivity index (χ0) is 7.72. The van der Waals surface area contributed by atoms with Crippen LogP contribution in [-0.4, -0.2) is 11.7 Å². The number of hydrogen-bond donors (Lipinski definition) is 1. The van der Waals surface area contributed by atoms with Crippen LogP contribution in [0.15, 0.2) is 4.99 Å². The largest absolute Gasteiger partial charge is 0.387 e. The number of nitrogens with two attached hydrogens (primary N) is 1. The molecule has 3 heteroatoms. The molecule has 0 saturated carbocycles. The molecule has 3 nitrogen and oxygen atoms in total. The standard InChI is InChI=1S/C7H12N2O/c1-4(2)5-3-6(10)9-7(5)8/h4-5H,3H2,1-2H3,(H2,8,9,10). The van der Waals surface area contributed by atoms with Crippen LogP contribution in [0.25, 0.3) is 0 Å². The van der Waals surface area contributed by atoms with Gasteiger partial charge in [-0.05, 0) is 5.92 Å². The topological polar surface area (TPSA) is 55.5 Å². The first-order valence-electron chi connectivity index (χ1n) is 3.48. The minimum atomic E-state index is -0.0730. The second-order valence-electron chi connectivity index (χ2n) is 2.99. The van der Waals surface area contributed by atoms with E-state index in [2.05, 4.69) is 4.99 Å². The summed E-state index contributed by atoms with van der Waals surface area (Å²) in [7, 11) is 0. The summed E-state index contributed by atoms with van der Waals surface area (Å²) in [5.41, 5.74) is 5.50. The Balaban J connectivity index is 2.68. The van der Waals surface area contributed by atoms with E-state index in [1.165, 1.54) is 0 Å². The van der Waals surface area contributed by atoms with Crippen molar-refractivity contribution in [2.24, 2.45) is 22.6 Å². The molecule has 0 radical (unpaired) electrons. The summed E-state index contributed by atoms with van der Waals surface area (Å²) in [6, 6.07) is 0. The maximum atomic E-state index is 10.7. The minimum absolute atomic E-state index is 0.0730. The maximum Gasteiger partial charge on any atom is 0.248 e. The summed E-state index contributed by atoms with van der Waals surface area (Å²) in [5.74, 6) is 1.05. The number of rotatable bonds is 1. The summed E-state index contributed by atoms with van der Waals surface area (Å²) in [5, 5.41) is 0. The number of carbonyl (C=O) groups excluding carboxylic acids is 1. The number of carbonyl (C=O) groups is 1. The summed E-state index contributed by atoms with van der Waals surface area (Å²) in [6.45, 7) is 4.09. The molecular weight excluding hydrogens is 128 g/mol. The fourth-order valence-corrected chi connectivity index (χ4v) is 1.14. The van der Waals surface area contributed by atoms with Crippen LogP contribution < -0.4 is 5.73 Å². The molecule has 10 heavy (non-hydrogen) atoms. The van der Waals surface area contributed by atoms with Crippen molar-refractivity contribution >= 4 is 11.7 Å². The monoisotopic (exact) mass is 140 g/mol. The fourth-order valence-electron chi connectivity index (χ4n) is 1.14. The van der Waals surface area contributed by atoms with Crippen LogP contribution in [0.2, 0.25) is 0 Å². The van der Waals surface area contributed by atoms with Gasteiger partial charge in [0, 0.05) is 12.3 Å². The smallest absolute Gasteiger partial charge is 0.248 e. The normalized spacial score (nSPS) is 25.7. The lowest BCUT2D eigenvalue weighted by Crippen LogP contribution is -2.23. The highest BCUT2D eigenvalue weighted by atomic mass is 16.1. The third-order valence-electron chi connectivity index (χ3n) is 1.83. The average Bonchev–Trinajstić information content (AvgIpc) is 2.10. The number of aliphatic imine (C=N–C) groups is 1. The van der Waals surface area contributed by atoms with Crippen molar-refractivity contribution in [3.05, 3.63) is 0 Å². The predicted molar refractivity (Wildman–Crippen MR) is 39.6 cm³/mol. The van der Waals surface area contributed by atoms with E-state index in [0.29, 0.717) is 18.2 Å². The van der Waals surface area contributed by atoms with Gasteiger partial charge in [-0.2, -0.15) is 0 Å². The zero-order valence-corrected chi connectivity index (χ0v) is 6.29. The second-order valence-corrected chi connectivity index (χ2v) is 2.99. The van der Waals surface area contributed by atoms with Gasteiger partial charge in [-0.25, -0.2) is 4.99 Å². The molecule has 0 aliphatic carbocycles. The summed E-state index contributed by atoms with van der Waals surface area (Å²) >= 11 is 0. The van der Waals surface area contributed by atoms with Gasteiger partial charge in [-0.1, -0.05) is 13.8 Å². The number of hydrogen-bond acceptors (Lipinski definition) is 2. The number of amides is 1. The van der Waals surface area contributed by atoms with E-state index in [0.717, 1.165) is 0 Å². The van der Waals surface area contributed by atoms with E-state index in [1.807, 2.05) is 13.8 Å². The quantitative estimate of drug-likeness (QED) is 0.578. The van der Waals surface area contributed by atoms with Crippen LogP contribution in [0.5, 0.6) is 0 Å². The van der Waals surface area contributed by atoms with Crippen molar-refractivity contribution in [2.75, 3.05) is 0 Å². The Labute approximate surface area is 60.3 Å². The number of amidine groups is 1. The Bertz CT molecular complexity index is 184. The SMILES string of the molecule is CC(C)C1CC(=O)N=C1N. The van der Waals surface area contributed by atoms with Crippen LogP contribution in [0.4, 0.5) is 0 Å². The molecule has 1 aliphatic rings. The molecule has 0 aromatic carbocycles. The van der Waals surface area contributed by atoms with Crippen molar-refractivity contribution < 1.29 is 4.79 Å². The van der Waals surface area contributed by atoms with E-state index >= 15 is 0 Å². The summed E-state index contributed by atoms with van der Waals surface area (Å²) in [4.78, 5) is 14.3. The highest BCUT2D eigenvalue weighted by molar-refractivity contribution is 6.01. The van der Waals surface area contributed by atoms with Crippen LogP contribution in [0, 0.1) is 11.8 Å². The molecule has 0 spiro atoms. The van der Waals surface area contributed by atoms with Gasteiger partial charge in [0.25, 0.3) is 0 Å². The Morgan fingerprint density at radius 1 is 1.70 bits per heavy atom. The Morgan fingerprint density at radius 3 is 2.50 bits per heavy atom. The highest BCUT2D eigenvalue weighted by Gasteiger charge is 2.26. The molecule has 0 aromatic rings. The molecule has 1 unspecified atom stereocenters. The van der Waals surface area contributed by atoms with Crippen molar-refractivity contribution in [3.63, 3.8) is 0 Å². The molecule has 0 aromatic heterocycles. The molecule has 1 amide bonds. The van der Waals surface area contributed by atoms with E-state index in [4.69, 9.17) is 5.73 Å². The van der Waals surface area contributed by atoms with Gasteiger partial charge in [-0.3, -0.25) is 4.79 Å². The van der Waals surface area contributed by atoms with Gasteiger partial charge < -0.3 is 5.73 Å². The minimum Gasteiger partial charge on any atom is -0.387 e. The van der Waals surface area contributed by atoms with Gasteiger partial charge in [0.15, 0.2) is 0 Å². The van der Waals surface area contributed by atoms with Gasteiger partial charge in [-0.15, -0.1) is 0 Å². The molecule has 2 N–H and O–H groups in total. The van der Waals surface area contributed by atoms with Crippen molar-refractivity contribution in [1.82, 2.24) is 0 Å². The van der Waals surface area contributed by atoms with E-state index in [-0.39, 0.29) is 11.8 Å². The van der Waals surface area contributed by atoms with E-state index in [1.54, 1.807) is 0 Å². The fraction of sp³-hybridized carbons (Fsp3) is 0.714. The molecule has 56 valence electrons. The molecule has 0 bridgehead atoms. The molecule has 1 rings (SSSR count). The summed E-state index contributed by atoms with van der Waals surface area (Å²) < 4.78 is 0. The second kappa shape index (κ2) is 2.40. The van der Waals surface area contributed by atoms with Crippen LogP contribution in [-0.2, 0) is 4.79 Å². The van der Waals surface area contributed by atoms with Crippen LogP contribution in [0.3, 0.4) is 0 Å². The molecular formula is C7H12N2O. The zero-order valence-electron chi connectivity index (χ0n) is 6.29. The third kappa shape index (κ3) is 1.17. The lowest BCUT2D eigenvalue weighted by Gasteiger charge is -2.11. The van der Waals surface area contributed by atoms with Crippen molar-refractivity contribution in [1.29, 1.82) is 0 Å². The Morgan fingerprint density at radius 2 is 2.30 bits per heavy atom. The summed E-state index contributed by atoms with van der Waals surface area (Å²) in [6.07, 6.45) is 0.503.